The van der Waals surface area contributed by atoms with Crippen LogP contribution in [0, 0.1) is 0 Å². The number of carbonyl (C=O) groups excluding carboxylic acids is 2. The molecular weight excluding hydrogens is 989 g/mol. The number of hydrogen-bond donors (Lipinski definition) is 3. The molecule has 0 radical (unpaired) electrons. The van der Waals surface area contributed by atoms with E-state index < -0.39 is 10.0 Å². The molecule has 3 N–H and O–H groups in total. The number of aromatic nitrogens is 12. The van der Waals surface area contributed by atoms with Gasteiger partial charge in [-0.25, -0.2) is 28.4 Å². The van der Waals surface area contributed by atoms with Gasteiger partial charge in [-0.05, 0) is 77.7 Å². The van der Waals surface area contributed by atoms with Crippen LogP contribution in [0.15, 0.2) is 94.8 Å². The number of nitrogens with zero attached hydrogens (tertiary/aromatic N) is 13. The average molecular weight is 1050 g/mol. The monoisotopic (exact) mass is 1050 g/mol. The Morgan fingerprint density at radius 3 is 1.63 bits per heavy atom. The lowest BCUT2D eigenvalue weighted by Gasteiger charge is -2.18. The molecule has 0 saturated carbocycles. The molecule has 0 spiro atoms. The van der Waals surface area contributed by atoms with Gasteiger partial charge in [0.2, 0.25) is 56.9 Å². The molecule has 22 nitrogen and oxygen atoms in total. The minimum absolute atomic E-state index is 0.0435. The molecule has 10 rings (SSSR count). The summed E-state index contributed by atoms with van der Waals surface area (Å²) in [6.45, 7) is 13.8. The second-order valence-electron chi connectivity index (χ2n) is 21.3. The molecule has 8 aromatic rings. The zero-order valence-corrected chi connectivity index (χ0v) is 44.9. The van der Waals surface area contributed by atoms with Crippen LogP contribution >= 0.6 is 0 Å². The van der Waals surface area contributed by atoms with Gasteiger partial charge < -0.3 is 25.0 Å². The van der Waals surface area contributed by atoms with Crippen LogP contribution in [0.1, 0.15) is 134 Å². The Morgan fingerprint density at radius 1 is 0.684 bits per heavy atom. The molecule has 23 heteroatoms. The van der Waals surface area contributed by atoms with E-state index in [1.807, 2.05) is 92.3 Å². The fourth-order valence-corrected chi connectivity index (χ4v) is 9.82. The van der Waals surface area contributed by atoms with Gasteiger partial charge in [-0.3, -0.25) is 19.0 Å². The number of hydrogen-bond acceptors (Lipinski definition) is 19. The Kier molecular flexibility index (Phi) is 15.2. The molecule has 0 bridgehead atoms. The third-order valence-electron chi connectivity index (χ3n) is 13.0. The van der Waals surface area contributed by atoms with Gasteiger partial charge in [-0.2, -0.15) is 24.5 Å². The summed E-state index contributed by atoms with van der Waals surface area (Å²) in [5.74, 6) is 1.50. The second kappa shape index (κ2) is 21.8. The predicted octanol–water partition coefficient (Wildman–Crippen LogP) is 7.97. The van der Waals surface area contributed by atoms with Crippen molar-refractivity contribution in [2.45, 2.75) is 103 Å². The number of aryl methyl sites for hydroxylation is 2. The van der Waals surface area contributed by atoms with Crippen molar-refractivity contribution in [2.75, 3.05) is 30.0 Å². The van der Waals surface area contributed by atoms with Gasteiger partial charge in [-0.1, -0.05) is 76.1 Å². The van der Waals surface area contributed by atoms with Gasteiger partial charge in [-0.15, -0.1) is 0 Å². The van der Waals surface area contributed by atoms with Gasteiger partial charge in [0.05, 0.1) is 41.4 Å². The summed E-state index contributed by atoms with van der Waals surface area (Å²) in [5, 5.41) is 26.0. The van der Waals surface area contributed by atoms with Crippen LogP contribution in [-0.2, 0) is 48.0 Å². The van der Waals surface area contributed by atoms with Crippen molar-refractivity contribution in [3.8, 4) is 22.5 Å². The van der Waals surface area contributed by atoms with Gasteiger partial charge in [0, 0.05) is 93.3 Å². The lowest BCUT2D eigenvalue weighted by Crippen LogP contribution is -2.29. The molecule has 396 valence electrons. The predicted molar refractivity (Wildman–Crippen MR) is 283 cm³/mol. The number of fused-ring (bicyclic) bond motifs is 2. The van der Waals surface area contributed by atoms with E-state index in [1.54, 1.807) is 40.2 Å². The largest absolute Gasteiger partial charge is 0.338 e. The van der Waals surface area contributed by atoms with Crippen LogP contribution < -0.4 is 16.0 Å². The molecule has 0 saturated heterocycles. The minimum atomic E-state index is -3.46. The zero-order chi connectivity index (χ0) is 53.9. The Bertz CT molecular complexity index is 3500. The number of benzene rings is 2. The van der Waals surface area contributed by atoms with Gasteiger partial charge >= 0.3 is 0 Å². The van der Waals surface area contributed by atoms with Crippen LogP contribution in [0.4, 0.5) is 23.3 Å². The molecule has 6 aromatic heterocycles. The molecule has 2 atom stereocenters. The van der Waals surface area contributed by atoms with Crippen LogP contribution in [-0.4, -0.2) is 103 Å². The maximum Gasteiger partial charge on any atom is 0.238 e. The van der Waals surface area contributed by atoms with Gasteiger partial charge in [0.25, 0.3) is 0 Å². The third kappa shape index (κ3) is 12.8. The number of carbonyl (C=O) groups is 2. The summed E-state index contributed by atoms with van der Waals surface area (Å²) in [5.41, 5.74) is 8.27. The fourth-order valence-electron chi connectivity index (χ4n) is 9.01. The highest BCUT2D eigenvalue weighted by Crippen LogP contribution is 2.37. The molecular formula is C53H62N16O6S. The minimum Gasteiger partial charge on any atom is -0.338 e. The van der Waals surface area contributed by atoms with Crippen molar-refractivity contribution >= 4 is 44.9 Å². The van der Waals surface area contributed by atoms with Gasteiger partial charge in [0.15, 0.2) is 0 Å². The molecule has 8 heterocycles. The van der Waals surface area contributed by atoms with E-state index in [-0.39, 0.29) is 58.8 Å². The molecule has 0 amide bonds. The maximum absolute atomic E-state index is 13.2. The van der Waals surface area contributed by atoms with Crippen LogP contribution in [0.2, 0.25) is 0 Å². The van der Waals surface area contributed by atoms with E-state index >= 15 is 0 Å². The van der Waals surface area contributed by atoms with E-state index in [0.717, 1.165) is 64.4 Å². The Morgan fingerprint density at radius 2 is 1.17 bits per heavy atom. The Labute approximate surface area is 440 Å². The number of Topliss-reactive ketones (excluding diaryl/α,β-unsaturated/α-hetero) is 2. The summed E-state index contributed by atoms with van der Waals surface area (Å²) in [6.07, 6.45) is 13.5. The third-order valence-corrected chi connectivity index (χ3v) is 14.3. The van der Waals surface area contributed by atoms with E-state index in [0.29, 0.717) is 48.8 Å². The number of sulfonamides is 1. The lowest BCUT2D eigenvalue weighted by atomic mass is 9.87. The first-order chi connectivity index (χ1) is 36.1. The number of ketones is 2. The average Bonchev–Trinajstić information content (AvgIpc) is 4.20. The smallest absolute Gasteiger partial charge is 0.238 e. The van der Waals surface area contributed by atoms with E-state index in [2.05, 4.69) is 84.6 Å². The standard InChI is InChI=1S/C27H32N8O4S.C26H30N8O2/c1-27(2,3)25-32-24(33-39-25)23(36)13-17-9-11-35(40(5,37)38)15-19-12-18(6-7-21(17)19)22-8-10-28-26(31-22)30-20-14-29-34(4)16-20;1-26(2,3)24-32-23(33-36-24)22(35)12-16-7-9-27-13-18-11-17(5-6-20(16)18)21-8-10-28-25(31-21)30-19-14-29-34(4)15-19/h6-8,10,12,14,16-17H,9,11,13,15H2,1-5H3,(H,28,30,31);5-6,8,10-11,14-16,27H,7,9,12-13H2,1-4H3,(H,28,30,31). The molecule has 0 aliphatic carbocycles. The SMILES string of the molecule is Cn1cc(Nc2nccc(-c3ccc4c(c3)CN(S(C)(=O)=O)CCC4CC(=O)c3noc(C(C)(C)C)n3)n2)cn1.Cn1cc(Nc2nccc(-c3ccc4c(c3)CNCCC4CC(=O)c3noc(C(C)(C)C)n3)n2)cn1. The van der Waals surface area contributed by atoms with Gasteiger partial charge in [0.1, 0.15) is 0 Å². The highest BCUT2D eigenvalue weighted by molar-refractivity contribution is 7.88. The quantitative estimate of drug-likeness (QED) is 0.0923. The first-order valence-electron chi connectivity index (χ1n) is 25.0. The van der Waals surface area contributed by atoms with Crippen molar-refractivity contribution < 1.29 is 27.1 Å². The molecule has 76 heavy (non-hydrogen) atoms. The number of anilines is 4. The summed E-state index contributed by atoms with van der Waals surface area (Å²) in [4.78, 5) is 52.8. The first kappa shape index (κ1) is 53.0. The summed E-state index contributed by atoms with van der Waals surface area (Å²) < 4.78 is 40.6. The van der Waals surface area contributed by atoms with Crippen LogP contribution in [0.3, 0.4) is 0 Å². The number of nitrogens with one attached hydrogen (secondary N) is 3. The second-order valence-corrected chi connectivity index (χ2v) is 23.2. The van der Waals surface area contributed by atoms with E-state index in [9.17, 15) is 18.0 Å². The molecule has 2 aliphatic rings. The number of rotatable bonds is 13. The zero-order valence-electron chi connectivity index (χ0n) is 44.1. The molecule has 2 aliphatic heterocycles. The molecule has 0 fully saturated rings. The fraction of sp³-hybridized carbons (Fsp3) is 0.396. The van der Waals surface area contributed by atoms with Crippen molar-refractivity contribution in [3.05, 3.63) is 131 Å². The van der Waals surface area contributed by atoms with Crippen LogP contribution in [0.25, 0.3) is 22.5 Å². The summed E-state index contributed by atoms with van der Waals surface area (Å²) in [6, 6.07) is 15.9. The maximum atomic E-state index is 13.2. The highest BCUT2D eigenvalue weighted by Gasteiger charge is 2.32. The summed E-state index contributed by atoms with van der Waals surface area (Å²) >= 11 is 0. The lowest BCUT2D eigenvalue weighted by molar-refractivity contribution is 0.0951. The topological polar surface area (TPSA) is 273 Å². The van der Waals surface area contributed by atoms with E-state index in [4.69, 9.17) is 9.05 Å². The van der Waals surface area contributed by atoms with Crippen molar-refractivity contribution in [1.82, 2.24) is 69.4 Å². The molecule has 2 aromatic carbocycles. The van der Waals surface area contributed by atoms with Crippen molar-refractivity contribution in [3.63, 3.8) is 0 Å². The van der Waals surface area contributed by atoms with Crippen LogP contribution in [0.5, 0.6) is 0 Å². The van der Waals surface area contributed by atoms with Crippen molar-refractivity contribution in [1.29, 1.82) is 0 Å². The normalized spacial score (nSPS) is 16.1. The van der Waals surface area contributed by atoms with E-state index in [1.165, 1.54) is 16.1 Å². The summed E-state index contributed by atoms with van der Waals surface area (Å²) in [7, 11) is 0.222. The van der Waals surface area contributed by atoms with Crippen molar-refractivity contribution in [2.24, 2.45) is 14.1 Å². The first-order valence-corrected chi connectivity index (χ1v) is 26.8. The Balaban J connectivity index is 0.000000187. The highest BCUT2D eigenvalue weighted by atomic mass is 32.2. The molecule has 2 unspecified atom stereocenters. The Hall–Kier alpha value is -7.89.